The zero-order chi connectivity index (χ0) is 21.2. The van der Waals surface area contributed by atoms with Gasteiger partial charge in [0.25, 0.3) is 11.6 Å². The van der Waals surface area contributed by atoms with Crippen LogP contribution in [-0.2, 0) is 35.0 Å². The molecule has 0 spiro atoms. The van der Waals surface area contributed by atoms with Gasteiger partial charge in [0.1, 0.15) is 12.3 Å². The molecule has 154 valence electrons. The van der Waals surface area contributed by atoms with Crippen LogP contribution in [0.5, 0.6) is 0 Å². The number of rotatable bonds is 7. The third kappa shape index (κ3) is 3.65. The number of benzene rings is 1. The standard InChI is InChI=1S/C18H19N3O8/c1-27-18(20-12(22)7-10-5-3-2-4-6-10)15(25)21-13(14(23)24)11(8-28-16(18)21)9-29-17(19)26/h2-6,16H,7-9H2,1H3,(H2,19,26)(H,20,22)(H,23,24)/t16?,18-/m0/s1. The van der Waals surface area contributed by atoms with Crippen molar-refractivity contribution in [2.24, 2.45) is 5.73 Å². The molecule has 2 atom stereocenters. The number of hydrogen-bond acceptors (Lipinski definition) is 7. The van der Waals surface area contributed by atoms with Crippen LogP contribution in [0.1, 0.15) is 5.56 Å². The lowest BCUT2D eigenvalue weighted by molar-refractivity contribution is -0.258. The summed E-state index contributed by atoms with van der Waals surface area (Å²) in [6, 6.07) is 8.85. The Balaban J connectivity index is 1.80. The molecule has 0 aromatic heterocycles. The fourth-order valence-electron chi connectivity index (χ4n) is 3.25. The molecule has 1 aromatic carbocycles. The maximum absolute atomic E-state index is 12.8. The van der Waals surface area contributed by atoms with Gasteiger partial charge >= 0.3 is 12.1 Å². The molecular formula is C18H19N3O8. The highest BCUT2D eigenvalue weighted by atomic mass is 16.6. The van der Waals surface area contributed by atoms with E-state index in [0.29, 0.717) is 0 Å². The average molecular weight is 405 g/mol. The van der Waals surface area contributed by atoms with E-state index in [0.717, 1.165) is 10.5 Å². The van der Waals surface area contributed by atoms with Gasteiger partial charge < -0.3 is 30.4 Å². The molecule has 1 fully saturated rings. The van der Waals surface area contributed by atoms with Crippen molar-refractivity contribution in [3.05, 3.63) is 47.2 Å². The van der Waals surface area contributed by atoms with Crippen LogP contribution in [0.3, 0.4) is 0 Å². The van der Waals surface area contributed by atoms with E-state index < -0.39 is 48.1 Å². The Morgan fingerprint density at radius 2 is 2.03 bits per heavy atom. The van der Waals surface area contributed by atoms with Crippen molar-refractivity contribution >= 4 is 23.9 Å². The number of carboxylic acids is 1. The number of hydrogen-bond donors (Lipinski definition) is 3. The highest BCUT2D eigenvalue weighted by Crippen LogP contribution is 2.40. The van der Waals surface area contributed by atoms with Gasteiger partial charge in [-0.1, -0.05) is 30.3 Å². The molecule has 0 bridgehead atoms. The van der Waals surface area contributed by atoms with Gasteiger partial charge in [-0.2, -0.15) is 0 Å². The van der Waals surface area contributed by atoms with E-state index in [2.05, 4.69) is 10.1 Å². The molecule has 4 N–H and O–H groups in total. The van der Waals surface area contributed by atoms with Crippen LogP contribution in [0.4, 0.5) is 4.79 Å². The second kappa shape index (κ2) is 7.89. The minimum Gasteiger partial charge on any atom is -0.477 e. The number of carbonyl (C=O) groups is 4. The molecule has 1 aromatic rings. The molecule has 11 nitrogen and oxygen atoms in total. The first-order valence-corrected chi connectivity index (χ1v) is 8.53. The molecule has 2 heterocycles. The first-order chi connectivity index (χ1) is 13.8. The maximum Gasteiger partial charge on any atom is 0.404 e. The van der Waals surface area contributed by atoms with Gasteiger partial charge in [0.15, 0.2) is 6.23 Å². The summed E-state index contributed by atoms with van der Waals surface area (Å²) in [5.74, 6) is -2.74. The van der Waals surface area contributed by atoms with Crippen LogP contribution < -0.4 is 11.1 Å². The van der Waals surface area contributed by atoms with Crippen molar-refractivity contribution in [2.75, 3.05) is 20.3 Å². The smallest absolute Gasteiger partial charge is 0.404 e. The second-order valence-electron chi connectivity index (χ2n) is 6.35. The molecule has 0 aliphatic carbocycles. The van der Waals surface area contributed by atoms with Crippen LogP contribution in [0.15, 0.2) is 41.6 Å². The van der Waals surface area contributed by atoms with Crippen molar-refractivity contribution in [3.63, 3.8) is 0 Å². The van der Waals surface area contributed by atoms with Gasteiger partial charge in [-0.3, -0.25) is 14.5 Å². The predicted octanol–water partition coefficient (Wildman–Crippen LogP) is -0.679. The minimum atomic E-state index is -1.86. The molecule has 29 heavy (non-hydrogen) atoms. The molecule has 1 unspecified atom stereocenters. The number of nitrogens with two attached hydrogens (primary N) is 1. The summed E-state index contributed by atoms with van der Waals surface area (Å²) >= 11 is 0. The number of nitrogens with one attached hydrogen (secondary N) is 1. The van der Waals surface area contributed by atoms with Crippen LogP contribution in [0.25, 0.3) is 0 Å². The van der Waals surface area contributed by atoms with Crippen LogP contribution in [-0.4, -0.2) is 66.2 Å². The Morgan fingerprint density at radius 1 is 1.34 bits per heavy atom. The van der Waals surface area contributed by atoms with E-state index in [1.807, 2.05) is 0 Å². The van der Waals surface area contributed by atoms with Gasteiger partial charge in [0.05, 0.1) is 13.0 Å². The number of aliphatic carboxylic acids is 1. The number of fused-ring (bicyclic) bond motifs is 1. The van der Waals surface area contributed by atoms with Crippen molar-refractivity contribution in [3.8, 4) is 0 Å². The average Bonchev–Trinajstić information content (AvgIpc) is 2.69. The molecule has 2 aliphatic heterocycles. The van der Waals surface area contributed by atoms with Crippen molar-refractivity contribution in [1.29, 1.82) is 0 Å². The Kier molecular flexibility index (Phi) is 5.52. The highest BCUT2D eigenvalue weighted by Gasteiger charge is 2.67. The fraction of sp³-hybridized carbons (Fsp3) is 0.333. The summed E-state index contributed by atoms with van der Waals surface area (Å²) in [5.41, 5.74) is 3.40. The Hall–Kier alpha value is -3.44. The molecule has 0 saturated carbocycles. The molecular weight excluding hydrogens is 386 g/mol. The highest BCUT2D eigenvalue weighted by molar-refractivity contribution is 6.03. The van der Waals surface area contributed by atoms with Crippen LogP contribution in [0.2, 0.25) is 0 Å². The molecule has 2 aliphatic rings. The number of ether oxygens (including phenoxy) is 3. The monoisotopic (exact) mass is 405 g/mol. The maximum atomic E-state index is 12.8. The number of methoxy groups -OCH3 is 1. The third-order valence-electron chi connectivity index (χ3n) is 4.56. The SMILES string of the molecule is CO[C@@]1(NC(=O)Cc2ccccc2)C(=O)N2C(C(=O)O)=C(COC(N)=O)COC21. The number of nitrogens with zero attached hydrogens (tertiary/aromatic N) is 1. The molecule has 1 saturated heterocycles. The van der Waals surface area contributed by atoms with Crippen LogP contribution >= 0.6 is 0 Å². The van der Waals surface area contributed by atoms with Gasteiger partial charge in [-0.05, 0) is 5.56 Å². The van der Waals surface area contributed by atoms with E-state index in [9.17, 15) is 24.3 Å². The largest absolute Gasteiger partial charge is 0.477 e. The van der Waals surface area contributed by atoms with E-state index in [4.69, 9.17) is 15.2 Å². The summed E-state index contributed by atoms with van der Waals surface area (Å²) in [5, 5.41) is 12.0. The number of carboxylic acid groups (broad SMARTS) is 1. The summed E-state index contributed by atoms with van der Waals surface area (Å²) < 4.78 is 15.4. The third-order valence-corrected chi connectivity index (χ3v) is 4.56. The van der Waals surface area contributed by atoms with Gasteiger partial charge in [-0.15, -0.1) is 0 Å². The summed E-state index contributed by atoms with van der Waals surface area (Å²) in [6.45, 7) is -0.711. The Morgan fingerprint density at radius 3 is 2.62 bits per heavy atom. The van der Waals surface area contributed by atoms with E-state index >= 15 is 0 Å². The predicted molar refractivity (Wildman–Crippen MR) is 94.8 cm³/mol. The van der Waals surface area contributed by atoms with Gasteiger partial charge in [0, 0.05) is 12.7 Å². The Bertz CT molecular complexity index is 884. The van der Waals surface area contributed by atoms with Crippen molar-refractivity contribution in [2.45, 2.75) is 18.4 Å². The lowest BCUT2D eigenvalue weighted by atomic mass is 9.94. The summed E-state index contributed by atoms with van der Waals surface area (Å²) in [7, 11) is 1.21. The normalized spacial score (nSPS) is 23.1. The lowest BCUT2D eigenvalue weighted by Crippen LogP contribution is -2.82. The van der Waals surface area contributed by atoms with Gasteiger partial charge in [-0.25, -0.2) is 9.59 Å². The molecule has 11 heteroatoms. The molecule has 3 rings (SSSR count). The molecule has 3 amide bonds. The van der Waals surface area contributed by atoms with E-state index in [-0.39, 0.29) is 18.6 Å². The zero-order valence-electron chi connectivity index (χ0n) is 15.4. The van der Waals surface area contributed by atoms with Crippen LogP contribution in [0, 0.1) is 0 Å². The van der Waals surface area contributed by atoms with Gasteiger partial charge in [0.2, 0.25) is 5.91 Å². The fourth-order valence-corrected chi connectivity index (χ4v) is 3.25. The minimum absolute atomic E-state index is 0.00865. The number of amides is 3. The summed E-state index contributed by atoms with van der Waals surface area (Å²) in [6.07, 6.45) is -2.30. The Labute approximate surface area is 165 Å². The number of carbonyl (C=O) groups excluding carboxylic acids is 3. The van der Waals surface area contributed by atoms with Crippen molar-refractivity contribution in [1.82, 2.24) is 10.2 Å². The lowest BCUT2D eigenvalue weighted by Gasteiger charge is -2.55. The zero-order valence-corrected chi connectivity index (χ0v) is 15.4. The first kappa shape index (κ1) is 20.3. The van der Waals surface area contributed by atoms with Crippen molar-refractivity contribution < 1.29 is 38.5 Å². The quantitative estimate of drug-likeness (QED) is 0.398. The van der Waals surface area contributed by atoms with E-state index in [1.165, 1.54) is 7.11 Å². The first-order valence-electron chi connectivity index (χ1n) is 8.53. The second-order valence-corrected chi connectivity index (χ2v) is 6.35. The van der Waals surface area contributed by atoms with E-state index in [1.54, 1.807) is 30.3 Å². The summed E-state index contributed by atoms with van der Waals surface area (Å²) in [4.78, 5) is 48.6. The number of β-lactam (4-membered cyclic amide) rings is 1. The molecule has 0 radical (unpaired) electrons. The number of primary amides is 1. The topological polar surface area (TPSA) is 157 Å².